The summed E-state index contributed by atoms with van der Waals surface area (Å²) in [6, 6.07) is 9.86. The largest absolute Gasteiger partial charge is 0.361 e. The van der Waals surface area contributed by atoms with Crippen molar-refractivity contribution in [3.05, 3.63) is 36.5 Å². The number of fused-ring (bicyclic) bond motifs is 1. The maximum Gasteiger partial charge on any atom is 0.248 e. The molecule has 134 valence electrons. The summed E-state index contributed by atoms with van der Waals surface area (Å²) in [6.45, 7) is 1.85. The number of nitrogens with one attached hydrogen (secondary N) is 4. The first-order valence-electron chi connectivity index (χ1n) is 8.14. The number of hydrogen-bond donors (Lipinski definition) is 4. The number of benzene rings is 1. The van der Waals surface area contributed by atoms with Crippen molar-refractivity contribution < 1.29 is 9.69 Å². The molecule has 0 aliphatic heterocycles. The number of rotatable bonds is 7. The van der Waals surface area contributed by atoms with Gasteiger partial charge in [0.1, 0.15) is 0 Å². The number of nitrogens with zero attached hydrogens (tertiary/aromatic N) is 1. The van der Waals surface area contributed by atoms with Gasteiger partial charge in [-0.05, 0) is 24.4 Å². The fourth-order valence-electron chi connectivity index (χ4n) is 2.19. The number of quaternary nitrogens is 1. The number of para-hydroxylation sites is 1. The van der Waals surface area contributed by atoms with Crippen LogP contribution in [-0.4, -0.2) is 48.9 Å². The molecule has 0 atom stereocenters. The number of hydrogen-bond acceptors (Lipinski definition) is 4. The molecule has 1 amide bonds. The molecule has 2 rings (SSSR count). The van der Waals surface area contributed by atoms with Crippen molar-refractivity contribution in [2.24, 2.45) is 0 Å². The number of carbonyl (C=O) groups is 1. The van der Waals surface area contributed by atoms with E-state index >= 15 is 0 Å². The average Bonchev–Trinajstić information content (AvgIpc) is 2.61. The Bertz CT molecular complexity index is 718. The zero-order valence-electron chi connectivity index (χ0n) is 14.5. The van der Waals surface area contributed by atoms with Crippen LogP contribution in [0.15, 0.2) is 41.4 Å². The van der Waals surface area contributed by atoms with Crippen LogP contribution in [0.5, 0.6) is 0 Å². The Morgan fingerprint density at radius 1 is 1.24 bits per heavy atom. The van der Waals surface area contributed by atoms with Crippen LogP contribution in [0.25, 0.3) is 10.9 Å². The molecule has 8 heteroatoms. The monoisotopic (exact) mass is 378 g/mol. The van der Waals surface area contributed by atoms with Gasteiger partial charge in [-0.2, -0.15) is 0 Å². The Balaban J connectivity index is 1.71. The van der Waals surface area contributed by atoms with Crippen LogP contribution >= 0.6 is 24.0 Å². The molecule has 1 heterocycles. The van der Waals surface area contributed by atoms with Crippen molar-refractivity contribution in [2.45, 2.75) is 11.3 Å². The van der Waals surface area contributed by atoms with Gasteiger partial charge >= 0.3 is 0 Å². The minimum atomic E-state index is -0.139. The van der Waals surface area contributed by atoms with E-state index in [2.05, 4.69) is 35.2 Å². The normalized spacial score (nSPS) is 10.7. The van der Waals surface area contributed by atoms with Gasteiger partial charge in [-0.3, -0.25) is 20.6 Å². The van der Waals surface area contributed by atoms with Gasteiger partial charge in [0, 0.05) is 29.4 Å². The van der Waals surface area contributed by atoms with Gasteiger partial charge in [0.2, 0.25) is 5.91 Å². The van der Waals surface area contributed by atoms with Crippen molar-refractivity contribution in [2.75, 3.05) is 32.9 Å². The van der Waals surface area contributed by atoms with Crippen molar-refractivity contribution in [1.82, 2.24) is 21.2 Å². The van der Waals surface area contributed by atoms with Gasteiger partial charge in [-0.15, -0.1) is 11.8 Å². The number of amides is 1. The molecule has 2 aromatic rings. The zero-order valence-corrected chi connectivity index (χ0v) is 16.1. The molecule has 25 heavy (non-hydrogen) atoms. The number of pyridine rings is 1. The molecule has 0 radical (unpaired) electrons. The van der Waals surface area contributed by atoms with Crippen LogP contribution in [0, 0.1) is 0 Å². The molecular formula is C17H24N5OS2+. The first kappa shape index (κ1) is 19.4. The first-order chi connectivity index (χ1) is 12.1. The van der Waals surface area contributed by atoms with Crippen LogP contribution in [0.3, 0.4) is 0 Å². The fraction of sp³-hybridized carbons (Fsp3) is 0.353. The predicted octanol–water partition coefficient (Wildman–Crippen LogP) is 0.357. The number of carbonyl (C=O) groups excluding carboxylic acids is 1. The third-order valence-corrected chi connectivity index (χ3v) is 4.70. The number of thiocarbonyl (C=S) groups is 1. The summed E-state index contributed by atoms with van der Waals surface area (Å²) >= 11 is 6.59. The lowest BCUT2D eigenvalue weighted by atomic mass is 10.2. The second-order valence-electron chi connectivity index (χ2n) is 5.86. The molecule has 6 nitrogen and oxygen atoms in total. The maximum atomic E-state index is 12.0. The minimum Gasteiger partial charge on any atom is -0.361 e. The highest BCUT2D eigenvalue weighted by molar-refractivity contribution is 8.00. The third kappa shape index (κ3) is 6.85. The van der Waals surface area contributed by atoms with Crippen LogP contribution < -0.4 is 21.1 Å². The standard InChI is InChI=1S/C17H23N5OS2/c1-22(2)11-5-10-19-17(24)21-20-15(23)12-25-14-8-3-6-13-7-4-9-18-16(13)14/h3-4,6-9H,5,10-12H2,1-2H3,(H,20,23)(H2,19,21,24)/p+1. The summed E-state index contributed by atoms with van der Waals surface area (Å²) in [5.41, 5.74) is 6.25. The van der Waals surface area contributed by atoms with E-state index in [-0.39, 0.29) is 11.7 Å². The molecule has 0 unspecified atom stereocenters. The Morgan fingerprint density at radius 2 is 2.04 bits per heavy atom. The molecule has 0 aliphatic rings. The Labute approximate surface area is 157 Å². The molecule has 0 saturated carbocycles. The molecule has 0 aliphatic carbocycles. The Kier molecular flexibility index (Phi) is 7.90. The van der Waals surface area contributed by atoms with Crippen LogP contribution in [0.4, 0.5) is 0 Å². The lowest BCUT2D eigenvalue weighted by Gasteiger charge is -2.12. The summed E-state index contributed by atoms with van der Waals surface area (Å²) in [5.74, 6) is 0.148. The number of aromatic nitrogens is 1. The second-order valence-corrected chi connectivity index (χ2v) is 7.29. The molecule has 0 spiro atoms. The Morgan fingerprint density at radius 3 is 2.84 bits per heavy atom. The van der Waals surface area contributed by atoms with Gasteiger partial charge in [0.05, 0.1) is 31.9 Å². The topological polar surface area (TPSA) is 70.5 Å². The highest BCUT2D eigenvalue weighted by Crippen LogP contribution is 2.25. The van der Waals surface area contributed by atoms with E-state index < -0.39 is 0 Å². The molecule has 0 saturated heterocycles. The van der Waals surface area contributed by atoms with Gasteiger partial charge in [0.15, 0.2) is 5.11 Å². The highest BCUT2D eigenvalue weighted by atomic mass is 32.2. The molecule has 4 N–H and O–H groups in total. The van der Waals surface area contributed by atoms with Crippen molar-refractivity contribution in [3.63, 3.8) is 0 Å². The molecule has 1 aromatic heterocycles. The molecular weight excluding hydrogens is 354 g/mol. The average molecular weight is 379 g/mol. The quantitative estimate of drug-likeness (QED) is 0.241. The van der Waals surface area contributed by atoms with Crippen LogP contribution in [0.1, 0.15) is 6.42 Å². The highest BCUT2D eigenvalue weighted by Gasteiger charge is 2.07. The van der Waals surface area contributed by atoms with Crippen LogP contribution in [0.2, 0.25) is 0 Å². The van der Waals surface area contributed by atoms with Crippen molar-refractivity contribution >= 4 is 45.9 Å². The molecule has 1 aromatic carbocycles. The third-order valence-electron chi connectivity index (χ3n) is 3.41. The van der Waals surface area contributed by atoms with E-state index in [1.165, 1.54) is 16.7 Å². The van der Waals surface area contributed by atoms with Gasteiger partial charge in [0.25, 0.3) is 0 Å². The van der Waals surface area contributed by atoms with Gasteiger partial charge in [-0.25, -0.2) is 0 Å². The number of thioether (sulfide) groups is 1. The molecule has 0 bridgehead atoms. The Hall–Kier alpha value is -1.90. The lowest BCUT2D eigenvalue weighted by molar-refractivity contribution is -0.858. The van der Waals surface area contributed by atoms with E-state index in [0.29, 0.717) is 5.11 Å². The molecule has 0 fully saturated rings. The second kappa shape index (κ2) is 10.2. The lowest BCUT2D eigenvalue weighted by Crippen LogP contribution is -3.05. The SMILES string of the molecule is C[NH+](C)CCCNC(=S)NNC(=O)CSc1cccc2cccnc12. The zero-order chi connectivity index (χ0) is 18.1. The van der Waals surface area contributed by atoms with E-state index in [9.17, 15) is 4.79 Å². The summed E-state index contributed by atoms with van der Waals surface area (Å²) in [4.78, 5) is 18.7. The van der Waals surface area contributed by atoms with E-state index in [1.807, 2.05) is 30.3 Å². The summed E-state index contributed by atoms with van der Waals surface area (Å²) in [5, 5.41) is 4.56. The summed E-state index contributed by atoms with van der Waals surface area (Å²) in [6.07, 6.45) is 2.78. The van der Waals surface area contributed by atoms with Crippen molar-refractivity contribution in [3.8, 4) is 0 Å². The van der Waals surface area contributed by atoms with E-state index in [1.54, 1.807) is 6.20 Å². The minimum absolute atomic E-state index is 0.139. The maximum absolute atomic E-state index is 12.0. The van der Waals surface area contributed by atoms with Crippen molar-refractivity contribution in [1.29, 1.82) is 0 Å². The van der Waals surface area contributed by atoms with E-state index in [0.717, 1.165) is 35.3 Å². The van der Waals surface area contributed by atoms with Crippen LogP contribution in [-0.2, 0) is 4.79 Å². The fourth-order valence-corrected chi connectivity index (χ4v) is 3.18. The predicted molar refractivity (Wildman–Crippen MR) is 107 cm³/mol. The summed E-state index contributed by atoms with van der Waals surface area (Å²) < 4.78 is 0. The smallest absolute Gasteiger partial charge is 0.248 e. The van der Waals surface area contributed by atoms with Gasteiger partial charge in [-0.1, -0.05) is 18.2 Å². The number of hydrazine groups is 1. The van der Waals surface area contributed by atoms with Gasteiger partial charge < -0.3 is 10.2 Å². The first-order valence-corrected chi connectivity index (χ1v) is 9.54. The van der Waals surface area contributed by atoms with E-state index in [4.69, 9.17) is 12.2 Å². The summed E-state index contributed by atoms with van der Waals surface area (Å²) in [7, 11) is 4.22.